The highest BCUT2D eigenvalue weighted by molar-refractivity contribution is 5.52. The maximum Gasteiger partial charge on any atom is 0.134 e. The topological polar surface area (TPSA) is 110 Å². The Kier molecular flexibility index (Phi) is 3.27. The summed E-state index contributed by atoms with van der Waals surface area (Å²) in [4.78, 5) is 0. The Balaban J connectivity index is 1.94. The van der Waals surface area contributed by atoms with Crippen LogP contribution in [0.25, 0.3) is 0 Å². The summed E-state index contributed by atoms with van der Waals surface area (Å²) in [5.41, 5.74) is 0.0646. The molecule has 0 bridgehead atoms. The standard InChI is InChI=1S/C15H16O6/c16-8-3-1-7(2-4-8)15-14(20)13(19)12-10(18)5-9(17)6-11(12)21-15/h1,3-7,13-20H,2H2/t7?,13-,14-,15+/m0/s1. The molecule has 4 atom stereocenters. The highest BCUT2D eigenvalue weighted by atomic mass is 16.5. The van der Waals surface area contributed by atoms with Gasteiger partial charge in [-0.05, 0) is 18.6 Å². The third-order valence-corrected chi connectivity index (χ3v) is 3.86. The van der Waals surface area contributed by atoms with Crippen LogP contribution in [0.3, 0.4) is 0 Å². The number of phenols is 2. The van der Waals surface area contributed by atoms with Gasteiger partial charge in [0, 0.05) is 18.1 Å². The molecule has 0 saturated heterocycles. The molecule has 6 nitrogen and oxygen atoms in total. The molecule has 1 aromatic carbocycles. The van der Waals surface area contributed by atoms with E-state index in [9.17, 15) is 25.5 Å². The van der Waals surface area contributed by atoms with Crippen molar-refractivity contribution in [3.8, 4) is 17.2 Å². The number of fused-ring (bicyclic) bond motifs is 1. The maximum atomic E-state index is 10.2. The highest BCUT2D eigenvalue weighted by Crippen LogP contribution is 2.45. The SMILES string of the molecule is OC1=CCC([C@H]2Oc3cc(O)cc(O)c3[C@H](O)[C@@H]2O)C=C1. The van der Waals surface area contributed by atoms with Crippen molar-refractivity contribution in [2.75, 3.05) is 0 Å². The number of ether oxygens (including phenoxy) is 1. The normalized spacial score (nSPS) is 31.2. The third-order valence-electron chi connectivity index (χ3n) is 3.86. The monoisotopic (exact) mass is 292 g/mol. The van der Waals surface area contributed by atoms with E-state index in [1.165, 1.54) is 12.1 Å². The lowest BCUT2D eigenvalue weighted by molar-refractivity contribution is -0.0827. The van der Waals surface area contributed by atoms with E-state index in [0.29, 0.717) is 6.42 Å². The zero-order valence-electron chi connectivity index (χ0n) is 11.0. The van der Waals surface area contributed by atoms with Crippen molar-refractivity contribution in [1.29, 1.82) is 0 Å². The number of benzene rings is 1. The first kappa shape index (κ1) is 13.8. The van der Waals surface area contributed by atoms with Crippen LogP contribution in [-0.4, -0.2) is 37.7 Å². The number of phenolic OH excluding ortho intramolecular Hbond substituents is 2. The molecule has 1 aromatic rings. The van der Waals surface area contributed by atoms with Crippen LogP contribution < -0.4 is 4.74 Å². The first-order chi connectivity index (χ1) is 9.97. The molecule has 112 valence electrons. The predicted molar refractivity (Wildman–Crippen MR) is 73.1 cm³/mol. The van der Waals surface area contributed by atoms with E-state index in [1.54, 1.807) is 12.2 Å². The molecule has 1 aliphatic heterocycles. The lowest BCUT2D eigenvalue weighted by Gasteiger charge is -2.38. The minimum Gasteiger partial charge on any atom is -0.508 e. The molecule has 0 fully saturated rings. The van der Waals surface area contributed by atoms with E-state index in [0.717, 1.165) is 6.07 Å². The smallest absolute Gasteiger partial charge is 0.134 e. The molecule has 1 heterocycles. The average molecular weight is 292 g/mol. The molecule has 3 rings (SSSR count). The summed E-state index contributed by atoms with van der Waals surface area (Å²) in [6, 6.07) is 2.37. The van der Waals surface area contributed by atoms with Gasteiger partial charge in [-0.1, -0.05) is 6.08 Å². The van der Waals surface area contributed by atoms with Crippen LogP contribution in [0.5, 0.6) is 17.2 Å². The Labute approximate surface area is 120 Å². The van der Waals surface area contributed by atoms with Crippen LogP contribution in [0, 0.1) is 5.92 Å². The minimum absolute atomic E-state index is 0.0646. The van der Waals surface area contributed by atoms with Crippen LogP contribution in [0.15, 0.2) is 36.1 Å². The number of rotatable bonds is 1. The molecule has 0 saturated carbocycles. The second kappa shape index (κ2) is 4.98. The van der Waals surface area contributed by atoms with Gasteiger partial charge in [0.15, 0.2) is 0 Å². The number of hydrogen-bond donors (Lipinski definition) is 5. The number of aliphatic hydroxyl groups is 3. The summed E-state index contributed by atoms with van der Waals surface area (Å²) in [6.07, 6.45) is 1.98. The molecule has 6 heteroatoms. The van der Waals surface area contributed by atoms with E-state index < -0.39 is 18.3 Å². The molecule has 1 aliphatic carbocycles. The Bertz CT molecular complexity index is 621. The van der Waals surface area contributed by atoms with Gasteiger partial charge in [0.05, 0.1) is 5.56 Å². The van der Waals surface area contributed by atoms with E-state index in [4.69, 9.17) is 4.74 Å². The first-order valence-corrected chi connectivity index (χ1v) is 6.63. The van der Waals surface area contributed by atoms with Crippen molar-refractivity contribution in [3.05, 3.63) is 41.7 Å². The van der Waals surface area contributed by atoms with E-state index in [-0.39, 0.29) is 34.5 Å². The first-order valence-electron chi connectivity index (χ1n) is 6.63. The lowest BCUT2D eigenvalue weighted by Crippen LogP contribution is -2.45. The summed E-state index contributed by atoms with van der Waals surface area (Å²) in [7, 11) is 0. The highest BCUT2D eigenvalue weighted by Gasteiger charge is 2.41. The second-order valence-corrected chi connectivity index (χ2v) is 5.28. The van der Waals surface area contributed by atoms with Gasteiger partial charge >= 0.3 is 0 Å². The average Bonchev–Trinajstić information content (AvgIpc) is 2.43. The predicted octanol–water partition coefficient (Wildman–Crippen LogP) is 1.27. The van der Waals surface area contributed by atoms with Gasteiger partial charge in [0.25, 0.3) is 0 Å². The number of hydrogen-bond acceptors (Lipinski definition) is 6. The van der Waals surface area contributed by atoms with Gasteiger partial charge in [0.2, 0.25) is 0 Å². The Hall–Kier alpha value is -2.18. The van der Waals surface area contributed by atoms with Crippen LogP contribution in [0.1, 0.15) is 18.1 Å². The fourth-order valence-corrected chi connectivity index (χ4v) is 2.77. The molecule has 0 spiro atoms. The van der Waals surface area contributed by atoms with Gasteiger partial charge < -0.3 is 30.3 Å². The van der Waals surface area contributed by atoms with Crippen molar-refractivity contribution in [3.63, 3.8) is 0 Å². The molecule has 5 N–H and O–H groups in total. The Morgan fingerprint density at radius 2 is 1.86 bits per heavy atom. The minimum atomic E-state index is -1.31. The van der Waals surface area contributed by atoms with Gasteiger partial charge in [-0.15, -0.1) is 0 Å². The van der Waals surface area contributed by atoms with Crippen LogP contribution in [-0.2, 0) is 0 Å². The van der Waals surface area contributed by atoms with Crippen molar-refractivity contribution >= 4 is 0 Å². The van der Waals surface area contributed by atoms with Crippen LogP contribution in [0.2, 0.25) is 0 Å². The van der Waals surface area contributed by atoms with Crippen molar-refractivity contribution in [2.24, 2.45) is 5.92 Å². The number of aliphatic hydroxyl groups excluding tert-OH is 3. The summed E-state index contributed by atoms with van der Waals surface area (Å²) in [6.45, 7) is 0. The van der Waals surface area contributed by atoms with Gasteiger partial charge in [0.1, 0.15) is 41.3 Å². The summed E-state index contributed by atoms with van der Waals surface area (Å²) in [5.74, 6) is -0.463. The van der Waals surface area contributed by atoms with Gasteiger partial charge in [-0.3, -0.25) is 0 Å². The van der Waals surface area contributed by atoms with E-state index >= 15 is 0 Å². The Morgan fingerprint density at radius 3 is 2.52 bits per heavy atom. The molecule has 0 aromatic heterocycles. The lowest BCUT2D eigenvalue weighted by atomic mass is 9.85. The molecule has 0 amide bonds. The molecule has 0 radical (unpaired) electrons. The maximum absolute atomic E-state index is 10.2. The summed E-state index contributed by atoms with van der Waals surface area (Å²) < 4.78 is 5.66. The molecule has 21 heavy (non-hydrogen) atoms. The van der Waals surface area contributed by atoms with Crippen LogP contribution >= 0.6 is 0 Å². The third kappa shape index (κ3) is 2.32. The largest absolute Gasteiger partial charge is 0.508 e. The van der Waals surface area contributed by atoms with Crippen LogP contribution in [0.4, 0.5) is 0 Å². The molecule has 1 unspecified atom stereocenters. The fraction of sp³-hybridized carbons (Fsp3) is 0.333. The molecular formula is C15H16O6. The zero-order valence-corrected chi connectivity index (χ0v) is 11.0. The zero-order chi connectivity index (χ0) is 15.1. The summed E-state index contributed by atoms with van der Waals surface area (Å²) >= 11 is 0. The van der Waals surface area contributed by atoms with E-state index in [1.807, 2.05) is 0 Å². The van der Waals surface area contributed by atoms with Gasteiger partial charge in [-0.25, -0.2) is 0 Å². The second-order valence-electron chi connectivity index (χ2n) is 5.28. The van der Waals surface area contributed by atoms with Crippen molar-refractivity contribution < 1.29 is 30.3 Å². The van der Waals surface area contributed by atoms with Crippen molar-refractivity contribution in [1.82, 2.24) is 0 Å². The van der Waals surface area contributed by atoms with Gasteiger partial charge in [-0.2, -0.15) is 0 Å². The van der Waals surface area contributed by atoms with Crippen molar-refractivity contribution in [2.45, 2.75) is 24.7 Å². The summed E-state index contributed by atoms with van der Waals surface area (Å²) in [5, 5.41) is 49.1. The fourth-order valence-electron chi connectivity index (χ4n) is 2.77. The van der Waals surface area contributed by atoms with E-state index in [2.05, 4.69) is 0 Å². The molecular weight excluding hydrogens is 276 g/mol. The number of allylic oxidation sites excluding steroid dienone is 2. The number of aromatic hydroxyl groups is 2. The quantitative estimate of drug-likeness (QED) is 0.533. The Morgan fingerprint density at radius 1 is 1.10 bits per heavy atom. The molecule has 2 aliphatic rings.